The Morgan fingerprint density at radius 1 is 1.21 bits per heavy atom. The maximum atomic E-state index is 12.6. The van der Waals surface area contributed by atoms with Crippen molar-refractivity contribution in [2.45, 2.75) is 38.7 Å². The maximum absolute atomic E-state index is 12.6. The third kappa shape index (κ3) is 3.26. The van der Waals surface area contributed by atoms with Crippen LogP contribution in [-0.2, 0) is 16.1 Å². The number of thiophene rings is 1. The minimum atomic E-state index is -0.191. The molecule has 3 atom stereocenters. The van der Waals surface area contributed by atoms with E-state index in [9.17, 15) is 9.59 Å². The molecule has 0 saturated heterocycles. The van der Waals surface area contributed by atoms with Crippen LogP contribution in [0, 0.1) is 17.8 Å². The van der Waals surface area contributed by atoms with Crippen LogP contribution in [0.3, 0.4) is 0 Å². The van der Waals surface area contributed by atoms with Gasteiger partial charge in [-0.2, -0.15) is 0 Å². The van der Waals surface area contributed by atoms with Crippen LogP contribution in [0.5, 0.6) is 0 Å². The van der Waals surface area contributed by atoms with Gasteiger partial charge in [0.2, 0.25) is 0 Å². The number of aromatic nitrogens is 2. The molecular weight excluding hydrogens is 372 g/mol. The molecule has 2 aliphatic carbocycles. The SMILES string of the molecule is O=C(C[C@H]1C[C@@H]2CC[C@@H]1C2)OCc1nc2scc(-c3ccccc3)c2c(=O)[nH]1. The maximum Gasteiger partial charge on any atom is 0.306 e. The van der Waals surface area contributed by atoms with Crippen molar-refractivity contribution < 1.29 is 9.53 Å². The van der Waals surface area contributed by atoms with Crippen LogP contribution in [0.1, 0.15) is 37.9 Å². The average molecular weight is 394 g/mol. The minimum absolute atomic E-state index is 0.0173. The summed E-state index contributed by atoms with van der Waals surface area (Å²) in [5.41, 5.74) is 1.68. The molecule has 2 bridgehead atoms. The van der Waals surface area contributed by atoms with Gasteiger partial charge in [0, 0.05) is 17.4 Å². The average Bonchev–Trinajstić information content (AvgIpc) is 3.42. The summed E-state index contributed by atoms with van der Waals surface area (Å²) in [5, 5.41) is 2.54. The van der Waals surface area contributed by atoms with Crippen LogP contribution in [0.2, 0.25) is 0 Å². The first kappa shape index (κ1) is 17.6. The largest absolute Gasteiger partial charge is 0.458 e. The van der Waals surface area contributed by atoms with Crippen LogP contribution < -0.4 is 5.56 Å². The Morgan fingerprint density at radius 2 is 2.07 bits per heavy atom. The molecule has 2 aromatic heterocycles. The Bertz CT molecular complexity index is 1070. The normalized spacial score (nSPS) is 23.4. The summed E-state index contributed by atoms with van der Waals surface area (Å²) in [5.74, 6) is 2.22. The predicted octanol–water partition coefficient (Wildman–Crippen LogP) is 4.52. The van der Waals surface area contributed by atoms with Crippen LogP contribution >= 0.6 is 11.3 Å². The van der Waals surface area contributed by atoms with E-state index >= 15 is 0 Å². The molecule has 2 heterocycles. The second-order valence-electron chi connectivity index (χ2n) is 8.01. The fourth-order valence-corrected chi connectivity index (χ4v) is 5.91. The predicted molar refractivity (Wildman–Crippen MR) is 109 cm³/mol. The number of nitrogens with zero attached hydrogens (tertiary/aromatic N) is 1. The second kappa shape index (κ2) is 7.17. The monoisotopic (exact) mass is 394 g/mol. The van der Waals surface area contributed by atoms with Crippen molar-refractivity contribution in [1.82, 2.24) is 9.97 Å². The zero-order valence-electron chi connectivity index (χ0n) is 15.5. The minimum Gasteiger partial charge on any atom is -0.458 e. The van der Waals surface area contributed by atoms with Crippen molar-refractivity contribution in [1.29, 1.82) is 0 Å². The molecule has 0 spiro atoms. The summed E-state index contributed by atoms with van der Waals surface area (Å²) >= 11 is 1.43. The number of benzene rings is 1. The fraction of sp³-hybridized carbons (Fsp3) is 0.409. The molecule has 0 amide bonds. The van der Waals surface area contributed by atoms with Crippen LogP contribution in [-0.4, -0.2) is 15.9 Å². The van der Waals surface area contributed by atoms with Gasteiger partial charge in [-0.3, -0.25) is 9.59 Å². The van der Waals surface area contributed by atoms with E-state index in [4.69, 9.17) is 4.74 Å². The van der Waals surface area contributed by atoms with Crippen LogP contribution in [0.15, 0.2) is 40.5 Å². The molecule has 5 nitrogen and oxygen atoms in total. The number of hydrogen-bond acceptors (Lipinski definition) is 5. The molecule has 0 unspecified atom stereocenters. The second-order valence-corrected chi connectivity index (χ2v) is 8.87. The number of ether oxygens (including phenoxy) is 1. The molecule has 2 fully saturated rings. The highest BCUT2D eigenvalue weighted by molar-refractivity contribution is 7.17. The molecule has 2 saturated carbocycles. The summed E-state index contributed by atoms with van der Waals surface area (Å²) in [6.07, 6.45) is 5.53. The Balaban J connectivity index is 1.29. The van der Waals surface area contributed by atoms with Gasteiger partial charge in [-0.05, 0) is 42.6 Å². The number of aromatic amines is 1. The molecule has 5 rings (SSSR count). The van der Waals surface area contributed by atoms with Crippen molar-refractivity contribution in [2.75, 3.05) is 0 Å². The molecule has 28 heavy (non-hydrogen) atoms. The number of nitrogens with one attached hydrogen (secondary N) is 1. The highest BCUT2D eigenvalue weighted by Crippen LogP contribution is 2.49. The summed E-state index contributed by atoms with van der Waals surface area (Å²) in [6, 6.07) is 9.80. The molecule has 1 N–H and O–H groups in total. The van der Waals surface area contributed by atoms with Gasteiger partial charge in [-0.1, -0.05) is 36.8 Å². The first-order chi connectivity index (χ1) is 13.7. The number of H-pyrrole nitrogens is 1. The number of rotatable bonds is 5. The molecule has 6 heteroatoms. The quantitative estimate of drug-likeness (QED) is 0.646. The molecule has 2 aliphatic rings. The van der Waals surface area contributed by atoms with Crippen molar-refractivity contribution in [3.05, 3.63) is 51.9 Å². The molecule has 144 valence electrons. The zero-order valence-corrected chi connectivity index (χ0v) is 16.3. The molecule has 0 radical (unpaired) electrons. The number of carbonyl (C=O) groups excluding carboxylic acids is 1. The Labute approximate surface area is 166 Å². The summed E-state index contributed by atoms with van der Waals surface area (Å²) < 4.78 is 5.43. The lowest BCUT2D eigenvalue weighted by atomic mass is 9.86. The van der Waals surface area contributed by atoms with E-state index in [-0.39, 0.29) is 18.1 Å². The fourth-order valence-electron chi connectivity index (χ4n) is 4.94. The lowest BCUT2D eigenvalue weighted by Gasteiger charge is -2.20. The summed E-state index contributed by atoms with van der Waals surface area (Å²) in [4.78, 5) is 32.8. The first-order valence-corrected chi connectivity index (χ1v) is 10.8. The van der Waals surface area contributed by atoms with Crippen molar-refractivity contribution in [2.24, 2.45) is 17.8 Å². The van der Waals surface area contributed by atoms with Crippen molar-refractivity contribution in [3.63, 3.8) is 0 Å². The van der Waals surface area contributed by atoms with Gasteiger partial charge in [0.25, 0.3) is 5.56 Å². The lowest BCUT2D eigenvalue weighted by Crippen LogP contribution is -2.18. The van der Waals surface area contributed by atoms with Gasteiger partial charge in [0.1, 0.15) is 17.3 Å². The van der Waals surface area contributed by atoms with Gasteiger partial charge < -0.3 is 9.72 Å². The Hall–Kier alpha value is -2.47. The van der Waals surface area contributed by atoms with E-state index in [1.807, 2.05) is 35.7 Å². The topological polar surface area (TPSA) is 72.0 Å². The summed E-state index contributed by atoms with van der Waals surface area (Å²) in [7, 11) is 0. The first-order valence-electron chi connectivity index (χ1n) is 9.89. The summed E-state index contributed by atoms with van der Waals surface area (Å²) in [6.45, 7) is 0.0173. The standard InChI is InChI=1S/C22H22N2O3S/c25-19(10-16-9-13-6-7-15(16)8-13)27-11-18-23-21(26)20-17(12-28-22(20)24-18)14-4-2-1-3-5-14/h1-5,12-13,15-16H,6-11H2,(H,23,24,26)/t13-,15-,16-/m1/s1. The Kier molecular flexibility index (Phi) is 4.51. The lowest BCUT2D eigenvalue weighted by molar-refractivity contribution is -0.146. The number of carbonyl (C=O) groups is 1. The van der Waals surface area contributed by atoms with E-state index in [0.717, 1.165) is 23.5 Å². The van der Waals surface area contributed by atoms with E-state index < -0.39 is 0 Å². The van der Waals surface area contributed by atoms with E-state index in [1.54, 1.807) is 0 Å². The van der Waals surface area contributed by atoms with Crippen LogP contribution in [0.25, 0.3) is 21.3 Å². The highest BCUT2D eigenvalue weighted by atomic mass is 32.1. The highest BCUT2D eigenvalue weighted by Gasteiger charge is 2.40. The van der Waals surface area contributed by atoms with Crippen molar-refractivity contribution >= 4 is 27.5 Å². The molecular formula is C22H22N2O3S. The van der Waals surface area contributed by atoms with Gasteiger partial charge >= 0.3 is 5.97 Å². The van der Waals surface area contributed by atoms with Gasteiger partial charge in [-0.15, -0.1) is 11.3 Å². The van der Waals surface area contributed by atoms with Gasteiger partial charge in [0.05, 0.1) is 5.39 Å². The van der Waals surface area contributed by atoms with E-state index in [0.29, 0.717) is 34.3 Å². The molecule has 0 aliphatic heterocycles. The van der Waals surface area contributed by atoms with Gasteiger partial charge in [-0.25, -0.2) is 4.98 Å². The van der Waals surface area contributed by atoms with E-state index in [1.165, 1.54) is 30.6 Å². The zero-order chi connectivity index (χ0) is 19.1. The smallest absolute Gasteiger partial charge is 0.306 e. The third-order valence-corrected chi connectivity index (χ3v) is 7.13. The number of esters is 1. The number of fused-ring (bicyclic) bond motifs is 3. The Morgan fingerprint density at radius 3 is 2.82 bits per heavy atom. The van der Waals surface area contributed by atoms with E-state index in [2.05, 4.69) is 9.97 Å². The third-order valence-electron chi connectivity index (χ3n) is 6.26. The van der Waals surface area contributed by atoms with Crippen LogP contribution in [0.4, 0.5) is 0 Å². The molecule has 1 aromatic carbocycles. The number of hydrogen-bond donors (Lipinski definition) is 1. The van der Waals surface area contributed by atoms with Gasteiger partial charge in [0.15, 0.2) is 0 Å². The van der Waals surface area contributed by atoms with Crippen molar-refractivity contribution in [3.8, 4) is 11.1 Å². The molecule has 3 aromatic rings.